The SMILES string of the molecule is CNC(=O)OC1CN(c2cc(F)c(N3CCCOCC3)c(F)c2)C(=O)O1. The molecule has 1 unspecified atom stereocenters. The van der Waals surface area contributed by atoms with E-state index >= 15 is 0 Å². The molecule has 3 rings (SSSR count). The van der Waals surface area contributed by atoms with Gasteiger partial charge in [-0.1, -0.05) is 0 Å². The highest BCUT2D eigenvalue weighted by atomic mass is 19.1. The number of anilines is 2. The summed E-state index contributed by atoms with van der Waals surface area (Å²) in [6.45, 7) is 1.62. The van der Waals surface area contributed by atoms with Gasteiger partial charge >= 0.3 is 12.2 Å². The maximum atomic E-state index is 14.6. The van der Waals surface area contributed by atoms with Crippen LogP contribution in [0, 0.1) is 11.6 Å². The lowest BCUT2D eigenvalue weighted by Crippen LogP contribution is -2.30. The number of amides is 2. The van der Waals surface area contributed by atoms with E-state index in [2.05, 4.69) is 5.32 Å². The summed E-state index contributed by atoms with van der Waals surface area (Å²) in [5.74, 6) is -1.57. The first-order chi connectivity index (χ1) is 12.5. The Labute approximate surface area is 148 Å². The summed E-state index contributed by atoms with van der Waals surface area (Å²) in [6, 6.07) is 2.13. The van der Waals surface area contributed by atoms with Crippen LogP contribution in [0.1, 0.15) is 6.42 Å². The fourth-order valence-corrected chi connectivity index (χ4v) is 2.87. The third kappa shape index (κ3) is 3.79. The molecule has 0 radical (unpaired) electrons. The molecule has 0 aliphatic carbocycles. The molecule has 10 heteroatoms. The van der Waals surface area contributed by atoms with Gasteiger partial charge in [0.05, 0.1) is 12.3 Å². The van der Waals surface area contributed by atoms with Gasteiger partial charge in [0, 0.05) is 38.9 Å². The average Bonchev–Trinajstić information content (AvgIpc) is 2.80. The Bertz CT molecular complexity index is 671. The number of carbonyl (C=O) groups is 2. The van der Waals surface area contributed by atoms with E-state index in [0.717, 1.165) is 17.0 Å². The number of ether oxygens (including phenoxy) is 3. The third-order valence-corrected chi connectivity index (χ3v) is 4.08. The van der Waals surface area contributed by atoms with E-state index in [1.165, 1.54) is 7.05 Å². The molecule has 8 nitrogen and oxygen atoms in total. The molecule has 2 amide bonds. The lowest BCUT2D eigenvalue weighted by molar-refractivity contribution is -0.0285. The maximum absolute atomic E-state index is 14.6. The number of nitrogens with zero attached hydrogens (tertiary/aromatic N) is 2. The van der Waals surface area contributed by atoms with Crippen LogP contribution in [-0.4, -0.2) is 58.4 Å². The molecule has 2 aliphatic heterocycles. The monoisotopic (exact) mass is 371 g/mol. The Hall–Kier alpha value is -2.62. The van der Waals surface area contributed by atoms with Gasteiger partial charge in [-0.25, -0.2) is 18.4 Å². The van der Waals surface area contributed by atoms with E-state index in [1.54, 1.807) is 4.90 Å². The number of nitrogens with one attached hydrogen (secondary N) is 1. The van der Waals surface area contributed by atoms with Crippen LogP contribution in [0.5, 0.6) is 0 Å². The molecule has 1 N–H and O–H groups in total. The first-order valence-corrected chi connectivity index (χ1v) is 8.18. The molecule has 1 aromatic carbocycles. The Morgan fingerprint density at radius 1 is 1.27 bits per heavy atom. The van der Waals surface area contributed by atoms with Crippen LogP contribution in [0.3, 0.4) is 0 Å². The minimum Gasteiger partial charge on any atom is -0.407 e. The zero-order valence-electron chi connectivity index (χ0n) is 14.2. The van der Waals surface area contributed by atoms with Crippen LogP contribution in [0.4, 0.5) is 29.7 Å². The Balaban J connectivity index is 1.79. The van der Waals surface area contributed by atoms with E-state index in [1.807, 2.05) is 0 Å². The van der Waals surface area contributed by atoms with Crippen molar-refractivity contribution < 1.29 is 32.6 Å². The first-order valence-electron chi connectivity index (χ1n) is 8.18. The van der Waals surface area contributed by atoms with E-state index in [4.69, 9.17) is 14.2 Å². The molecule has 2 aliphatic rings. The fraction of sp³-hybridized carbons (Fsp3) is 0.500. The summed E-state index contributed by atoms with van der Waals surface area (Å²) in [4.78, 5) is 25.7. The maximum Gasteiger partial charge on any atom is 0.417 e. The summed E-state index contributed by atoms with van der Waals surface area (Å²) >= 11 is 0. The van der Waals surface area contributed by atoms with Gasteiger partial charge in [0.25, 0.3) is 6.29 Å². The lowest BCUT2D eigenvalue weighted by Gasteiger charge is -2.24. The van der Waals surface area contributed by atoms with Crippen molar-refractivity contribution in [3.63, 3.8) is 0 Å². The molecule has 2 heterocycles. The number of rotatable bonds is 3. The summed E-state index contributed by atoms with van der Waals surface area (Å²) in [6.07, 6.45) is -2.12. The second-order valence-electron chi connectivity index (χ2n) is 5.79. The molecule has 0 saturated carbocycles. The molecule has 142 valence electrons. The van der Waals surface area contributed by atoms with Crippen LogP contribution < -0.4 is 15.1 Å². The largest absolute Gasteiger partial charge is 0.417 e. The minimum atomic E-state index is -1.16. The highest BCUT2D eigenvalue weighted by molar-refractivity contribution is 5.90. The van der Waals surface area contributed by atoms with E-state index in [-0.39, 0.29) is 17.9 Å². The number of carbonyl (C=O) groups excluding carboxylic acids is 2. The van der Waals surface area contributed by atoms with E-state index in [9.17, 15) is 18.4 Å². The molecule has 2 saturated heterocycles. The van der Waals surface area contributed by atoms with Crippen LogP contribution in [-0.2, 0) is 14.2 Å². The molecule has 0 spiro atoms. The van der Waals surface area contributed by atoms with E-state index in [0.29, 0.717) is 32.7 Å². The van der Waals surface area contributed by atoms with Gasteiger partial charge in [-0.15, -0.1) is 0 Å². The van der Waals surface area contributed by atoms with Crippen LogP contribution >= 0.6 is 0 Å². The predicted octanol–water partition coefficient (Wildman–Crippen LogP) is 1.83. The van der Waals surface area contributed by atoms with Gasteiger partial charge in [0.1, 0.15) is 12.2 Å². The molecular formula is C16H19F2N3O5. The van der Waals surface area contributed by atoms with Crippen molar-refractivity contribution >= 4 is 23.6 Å². The Kier molecular flexibility index (Phi) is 5.40. The normalized spacial score (nSPS) is 20.6. The number of halogens is 2. The predicted molar refractivity (Wildman–Crippen MR) is 87.2 cm³/mol. The molecular weight excluding hydrogens is 352 g/mol. The second-order valence-corrected chi connectivity index (χ2v) is 5.79. The number of cyclic esters (lactones) is 1. The van der Waals surface area contributed by atoms with Crippen LogP contribution in [0.2, 0.25) is 0 Å². The topological polar surface area (TPSA) is 80.3 Å². The molecule has 0 aromatic heterocycles. The number of alkyl carbamates (subject to hydrolysis) is 1. The molecule has 1 atom stereocenters. The van der Waals surface area contributed by atoms with Gasteiger partial charge in [-0.05, 0) is 6.42 Å². The van der Waals surface area contributed by atoms with Crippen molar-refractivity contribution in [2.45, 2.75) is 12.7 Å². The number of benzene rings is 1. The second kappa shape index (κ2) is 7.73. The number of hydrogen-bond donors (Lipinski definition) is 1. The summed E-state index contributed by atoms with van der Waals surface area (Å²) in [7, 11) is 1.36. The van der Waals surface area contributed by atoms with Crippen molar-refractivity contribution in [2.24, 2.45) is 0 Å². The average molecular weight is 371 g/mol. The molecule has 0 bridgehead atoms. The van der Waals surface area contributed by atoms with Gasteiger partial charge < -0.3 is 24.4 Å². The smallest absolute Gasteiger partial charge is 0.407 e. The first kappa shape index (κ1) is 18.2. The van der Waals surface area contributed by atoms with Crippen molar-refractivity contribution in [3.05, 3.63) is 23.8 Å². The van der Waals surface area contributed by atoms with Crippen molar-refractivity contribution in [1.82, 2.24) is 5.32 Å². The summed E-state index contributed by atoms with van der Waals surface area (Å²) < 4.78 is 44.2. The Morgan fingerprint density at radius 2 is 2.00 bits per heavy atom. The van der Waals surface area contributed by atoms with Crippen LogP contribution in [0.15, 0.2) is 12.1 Å². The molecule has 26 heavy (non-hydrogen) atoms. The molecule has 1 aromatic rings. The van der Waals surface area contributed by atoms with Crippen LogP contribution in [0.25, 0.3) is 0 Å². The van der Waals surface area contributed by atoms with Gasteiger partial charge in [-0.2, -0.15) is 0 Å². The molecule has 2 fully saturated rings. The van der Waals surface area contributed by atoms with Gasteiger partial charge in [0.15, 0.2) is 11.6 Å². The Morgan fingerprint density at radius 3 is 2.69 bits per heavy atom. The number of hydrogen-bond acceptors (Lipinski definition) is 6. The van der Waals surface area contributed by atoms with E-state index < -0.39 is 30.1 Å². The highest BCUT2D eigenvalue weighted by Crippen LogP contribution is 2.31. The quantitative estimate of drug-likeness (QED) is 0.873. The summed E-state index contributed by atoms with van der Waals surface area (Å²) in [5.41, 5.74) is -0.159. The zero-order chi connectivity index (χ0) is 18.7. The minimum absolute atomic E-state index is 0.0113. The third-order valence-electron chi connectivity index (χ3n) is 4.08. The van der Waals surface area contributed by atoms with Gasteiger partial charge in [0.2, 0.25) is 0 Å². The van der Waals surface area contributed by atoms with Gasteiger partial charge in [-0.3, -0.25) is 4.90 Å². The fourth-order valence-electron chi connectivity index (χ4n) is 2.87. The lowest BCUT2D eigenvalue weighted by atomic mass is 10.2. The van der Waals surface area contributed by atoms with Crippen molar-refractivity contribution in [3.8, 4) is 0 Å². The standard InChI is InChI=1S/C16H19F2N3O5/c1-19-15(22)25-13-9-21(16(23)26-13)10-7-11(17)14(12(18)8-10)20-3-2-5-24-6-4-20/h7-8,13H,2-6,9H2,1H3,(H,19,22). The summed E-state index contributed by atoms with van der Waals surface area (Å²) in [5, 5.41) is 2.22. The van der Waals surface area contributed by atoms with Crippen molar-refractivity contribution in [1.29, 1.82) is 0 Å². The zero-order valence-corrected chi connectivity index (χ0v) is 14.2. The van der Waals surface area contributed by atoms with Crippen molar-refractivity contribution in [2.75, 3.05) is 49.7 Å². The highest BCUT2D eigenvalue weighted by Gasteiger charge is 2.36.